The number of benzene rings is 1. The van der Waals surface area contributed by atoms with Gasteiger partial charge in [0.2, 0.25) is 0 Å². The van der Waals surface area contributed by atoms with Crippen molar-refractivity contribution in [2.75, 3.05) is 55.8 Å². The number of nitrogens with two attached hydrogens (primary N) is 1. The van der Waals surface area contributed by atoms with E-state index >= 15 is 0 Å². The molecular formula is C17H23N5O2S. The number of methoxy groups -OCH3 is 1. The summed E-state index contributed by atoms with van der Waals surface area (Å²) in [6.45, 7) is 5.53. The van der Waals surface area contributed by atoms with Gasteiger partial charge in [0.15, 0.2) is 5.13 Å². The molecule has 0 spiro atoms. The summed E-state index contributed by atoms with van der Waals surface area (Å²) < 4.78 is 5.43. The van der Waals surface area contributed by atoms with Crippen LogP contribution in [-0.2, 0) is 0 Å². The quantitative estimate of drug-likeness (QED) is 0.849. The molecule has 1 fully saturated rings. The maximum absolute atomic E-state index is 12.7. The molecule has 0 unspecified atom stereocenters. The Kier molecular flexibility index (Phi) is 5.28. The molecule has 7 nitrogen and oxygen atoms in total. The summed E-state index contributed by atoms with van der Waals surface area (Å²) in [6, 6.07) is 7.94. The number of para-hydroxylation sites is 2. The number of nitrogen functional groups attached to an aromatic ring is 1. The summed E-state index contributed by atoms with van der Waals surface area (Å²) in [5.74, 6) is 1.11. The van der Waals surface area contributed by atoms with E-state index in [9.17, 15) is 4.79 Å². The van der Waals surface area contributed by atoms with Crippen LogP contribution in [0.5, 0.6) is 5.75 Å². The van der Waals surface area contributed by atoms with Crippen molar-refractivity contribution in [3.8, 4) is 5.75 Å². The lowest BCUT2D eigenvalue weighted by Gasteiger charge is -2.36. The normalized spacial score (nSPS) is 14.5. The fraction of sp³-hybridized carbons (Fsp3) is 0.412. The van der Waals surface area contributed by atoms with E-state index in [1.807, 2.05) is 36.1 Å². The molecule has 134 valence electrons. The highest BCUT2D eigenvalue weighted by molar-refractivity contribution is 7.18. The van der Waals surface area contributed by atoms with E-state index in [2.05, 4.69) is 15.2 Å². The highest BCUT2D eigenvalue weighted by atomic mass is 32.1. The summed E-state index contributed by atoms with van der Waals surface area (Å²) in [5, 5.41) is 3.79. The molecule has 1 saturated heterocycles. The second-order valence-electron chi connectivity index (χ2n) is 5.71. The van der Waals surface area contributed by atoms with Gasteiger partial charge in [-0.3, -0.25) is 4.79 Å². The average molecular weight is 361 g/mol. The SMILES string of the molecule is CCNc1nc(N)c(C(=O)N2CCN(c3ccccc3OC)CC2)s1. The number of aromatic nitrogens is 1. The maximum atomic E-state index is 12.7. The number of piperazine rings is 1. The minimum absolute atomic E-state index is 0.0428. The Labute approximate surface area is 151 Å². The number of nitrogens with one attached hydrogen (secondary N) is 1. The molecule has 3 rings (SSSR count). The zero-order chi connectivity index (χ0) is 17.8. The lowest BCUT2D eigenvalue weighted by atomic mass is 10.2. The highest BCUT2D eigenvalue weighted by Gasteiger charge is 2.26. The van der Waals surface area contributed by atoms with Gasteiger partial charge in [0, 0.05) is 32.7 Å². The lowest BCUT2D eigenvalue weighted by molar-refractivity contribution is 0.0752. The second-order valence-corrected chi connectivity index (χ2v) is 6.71. The molecule has 0 atom stereocenters. The van der Waals surface area contributed by atoms with Gasteiger partial charge >= 0.3 is 0 Å². The van der Waals surface area contributed by atoms with Crippen LogP contribution in [0.3, 0.4) is 0 Å². The number of nitrogens with zero attached hydrogens (tertiary/aromatic N) is 3. The van der Waals surface area contributed by atoms with Crippen molar-refractivity contribution in [1.82, 2.24) is 9.88 Å². The van der Waals surface area contributed by atoms with Gasteiger partial charge in [-0.1, -0.05) is 23.5 Å². The van der Waals surface area contributed by atoms with Crippen LogP contribution in [0, 0.1) is 0 Å². The van der Waals surface area contributed by atoms with E-state index in [0.29, 0.717) is 28.9 Å². The predicted molar refractivity (Wildman–Crippen MR) is 102 cm³/mol. The number of amides is 1. The highest BCUT2D eigenvalue weighted by Crippen LogP contribution is 2.30. The van der Waals surface area contributed by atoms with Gasteiger partial charge in [-0.25, -0.2) is 4.98 Å². The molecule has 25 heavy (non-hydrogen) atoms. The average Bonchev–Trinajstić information content (AvgIpc) is 3.02. The first-order valence-corrected chi connectivity index (χ1v) is 9.13. The van der Waals surface area contributed by atoms with Crippen molar-refractivity contribution in [3.05, 3.63) is 29.1 Å². The van der Waals surface area contributed by atoms with Gasteiger partial charge in [-0.15, -0.1) is 0 Å². The van der Waals surface area contributed by atoms with Crippen LogP contribution in [0.2, 0.25) is 0 Å². The largest absolute Gasteiger partial charge is 0.495 e. The van der Waals surface area contributed by atoms with Crippen LogP contribution in [0.1, 0.15) is 16.6 Å². The number of carbonyl (C=O) groups excluding carboxylic acids is 1. The number of thiazole rings is 1. The van der Waals surface area contributed by atoms with Crippen molar-refractivity contribution < 1.29 is 9.53 Å². The standard InChI is InChI=1S/C17H23N5O2S/c1-3-19-17-20-15(18)14(25-17)16(23)22-10-8-21(9-11-22)12-6-4-5-7-13(12)24-2/h4-7H,3,8-11,18H2,1-2H3,(H,19,20). The molecule has 0 aliphatic carbocycles. The Morgan fingerprint density at radius 2 is 2.04 bits per heavy atom. The summed E-state index contributed by atoms with van der Waals surface area (Å²) >= 11 is 1.32. The molecule has 0 radical (unpaired) electrons. The van der Waals surface area contributed by atoms with Crippen LogP contribution in [-0.4, -0.2) is 55.6 Å². The molecule has 0 bridgehead atoms. The molecule has 1 aromatic carbocycles. The minimum atomic E-state index is -0.0428. The fourth-order valence-electron chi connectivity index (χ4n) is 2.90. The Hall–Kier alpha value is -2.48. The minimum Gasteiger partial charge on any atom is -0.495 e. The first-order valence-electron chi connectivity index (χ1n) is 8.31. The Morgan fingerprint density at radius 1 is 1.32 bits per heavy atom. The number of hydrogen-bond donors (Lipinski definition) is 2. The third kappa shape index (κ3) is 3.63. The number of hydrogen-bond acceptors (Lipinski definition) is 7. The molecule has 3 N–H and O–H groups in total. The van der Waals surface area contributed by atoms with E-state index in [0.717, 1.165) is 31.1 Å². The number of rotatable bonds is 5. The van der Waals surface area contributed by atoms with Gasteiger partial charge in [0.25, 0.3) is 5.91 Å². The molecule has 1 aromatic heterocycles. The molecule has 1 amide bonds. The predicted octanol–water partition coefficient (Wildman–Crippen LogP) is 2.13. The number of anilines is 3. The van der Waals surface area contributed by atoms with Crippen LogP contribution in [0.4, 0.5) is 16.6 Å². The zero-order valence-corrected chi connectivity index (χ0v) is 15.3. The van der Waals surface area contributed by atoms with E-state index in [4.69, 9.17) is 10.5 Å². The third-order valence-corrected chi connectivity index (χ3v) is 5.19. The van der Waals surface area contributed by atoms with E-state index in [-0.39, 0.29) is 5.91 Å². The molecule has 1 aliphatic rings. The third-order valence-electron chi connectivity index (χ3n) is 4.17. The Balaban J connectivity index is 1.67. The summed E-state index contributed by atoms with van der Waals surface area (Å²) in [7, 11) is 1.67. The smallest absolute Gasteiger partial charge is 0.267 e. The summed E-state index contributed by atoms with van der Waals surface area (Å²) in [5.41, 5.74) is 6.98. The molecule has 1 aliphatic heterocycles. The van der Waals surface area contributed by atoms with E-state index in [1.165, 1.54) is 11.3 Å². The number of ether oxygens (including phenoxy) is 1. The molecular weight excluding hydrogens is 338 g/mol. The van der Waals surface area contributed by atoms with Gasteiger partial charge in [0.1, 0.15) is 16.4 Å². The molecule has 2 heterocycles. The zero-order valence-electron chi connectivity index (χ0n) is 14.5. The maximum Gasteiger partial charge on any atom is 0.267 e. The summed E-state index contributed by atoms with van der Waals surface area (Å²) in [4.78, 5) is 21.6. The van der Waals surface area contributed by atoms with Gasteiger partial charge in [-0.05, 0) is 19.1 Å². The van der Waals surface area contributed by atoms with Crippen LogP contribution in [0.15, 0.2) is 24.3 Å². The summed E-state index contributed by atoms with van der Waals surface area (Å²) in [6.07, 6.45) is 0. The van der Waals surface area contributed by atoms with Gasteiger partial charge < -0.3 is 25.6 Å². The monoisotopic (exact) mass is 361 g/mol. The molecule has 2 aromatic rings. The lowest BCUT2D eigenvalue weighted by Crippen LogP contribution is -2.48. The van der Waals surface area contributed by atoms with E-state index in [1.54, 1.807) is 7.11 Å². The van der Waals surface area contributed by atoms with Crippen LogP contribution in [0.25, 0.3) is 0 Å². The van der Waals surface area contributed by atoms with Crippen molar-refractivity contribution >= 4 is 33.9 Å². The van der Waals surface area contributed by atoms with Crippen LogP contribution >= 0.6 is 11.3 Å². The fourth-order valence-corrected chi connectivity index (χ4v) is 3.82. The second kappa shape index (κ2) is 7.60. The number of carbonyl (C=O) groups is 1. The Morgan fingerprint density at radius 3 is 2.72 bits per heavy atom. The van der Waals surface area contributed by atoms with Gasteiger partial charge in [0.05, 0.1) is 12.8 Å². The topological polar surface area (TPSA) is 83.7 Å². The van der Waals surface area contributed by atoms with Crippen molar-refractivity contribution in [2.45, 2.75) is 6.92 Å². The van der Waals surface area contributed by atoms with Crippen LogP contribution < -0.4 is 20.7 Å². The van der Waals surface area contributed by atoms with Crippen molar-refractivity contribution in [3.63, 3.8) is 0 Å². The van der Waals surface area contributed by atoms with Crippen molar-refractivity contribution in [1.29, 1.82) is 0 Å². The molecule has 8 heteroatoms. The first kappa shape index (κ1) is 17.3. The first-order chi connectivity index (χ1) is 12.1. The van der Waals surface area contributed by atoms with Crippen molar-refractivity contribution in [2.24, 2.45) is 0 Å². The molecule has 0 saturated carbocycles. The Bertz CT molecular complexity index is 740. The van der Waals surface area contributed by atoms with Gasteiger partial charge in [-0.2, -0.15) is 0 Å². The van der Waals surface area contributed by atoms with E-state index < -0.39 is 0 Å².